The second-order valence-corrected chi connectivity index (χ2v) is 19.3. The predicted molar refractivity (Wildman–Crippen MR) is 223 cm³/mol. The number of likely N-dealkylation sites (N-methyl/N-ethyl adjacent to an activating group) is 1. The number of sulfonamides is 1. The molecule has 2 aromatic carbocycles. The number of carbonyl (C=O) groups is 1. The molecule has 2 aliphatic heterocycles. The van der Waals surface area contributed by atoms with E-state index in [1.165, 1.54) is 4.31 Å². The van der Waals surface area contributed by atoms with Gasteiger partial charge in [-0.2, -0.15) is 4.58 Å². The normalized spacial score (nSPS) is 17.4. The number of hydrogen-bond acceptors (Lipinski definition) is 12. The van der Waals surface area contributed by atoms with Gasteiger partial charge in [-0.05, 0) is 69.2 Å². The molecule has 2 heterocycles. The van der Waals surface area contributed by atoms with Gasteiger partial charge >= 0.3 is 0 Å². The molecule has 0 saturated carbocycles. The number of allylic oxidation sites excluding steroid dienone is 8. The molecular weight excluding hydrogens is 775 g/mol. The van der Waals surface area contributed by atoms with Crippen molar-refractivity contribution in [3.63, 3.8) is 0 Å². The fraction of sp³-hybridized carbons (Fsp3) is 0.463. The van der Waals surface area contributed by atoms with Crippen LogP contribution in [0.25, 0.3) is 0 Å². The molecule has 0 aromatic heterocycles. The van der Waals surface area contributed by atoms with Gasteiger partial charge in [0, 0.05) is 95.6 Å². The third-order valence-electron chi connectivity index (χ3n) is 10.3. The van der Waals surface area contributed by atoms with Crippen LogP contribution in [0.4, 0.5) is 11.4 Å². The number of benzene rings is 2. The van der Waals surface area contributed by atoms with Crippen LogP contribution in [-0.4, -0.2) is 71.7 Å². The van der Waals surface area contributed by atoms with Gasteiger partial charge in [0.1, 0.15) is 12.3 Å². The molecule has 0 aliphatic carbocycles. The number of carbonyl (C=O) groups excluding carboxylic acids is 1. The van der Waals surface area contributed by atoms with E-state index in [0.717, 1.165) is 69.4 Å². The molecule has 0 unspecified atom stereocenters. The van der Waals surface area contributed by atoms with Gasteiger partial charge in [-0.25, -0.2) is 23.2 Å². The monoisotopic (exact) mass is 830 g/mol. The van der Waals surface area contributed by atoms with Crippen molar-refractivity contribution in [1.29, 1.82) is 0 Å². The summed E-state index contributed by atoms with van der Waals surface area (Å²) < 4.78 is 40.2. The minimum atomic E-state index is -3.80. The molecule has 2 N–H and O–H groups in total. The largest absolute Gasteiger partial charge is 0.344 e. The SMILES string of the molecule is CCN1/C(=C/C=C/C=C/C=C/C2=[N+](CCCSOOO)c3ccc(S(=O)(=O)N(C)CCCC(=O)C(C)(C)C)cc3C2(C)C)C(C)(C)c2cc(SOOO)ccc21. The van der Waals surface area contributed by atoms with Crippen molar-refractivity contribution in [2.24, 2.45) is 5.41 Å². The molecule has 0 atom stereocenters. The van der Waals surface area contributed by atoms with Gasteiger partial charge in [0.05, 0.1) is 22.4 Å². The Morgan fingerprint density at radius 3 is 2.30 bits per heavy atom. The third kappa shape index (κ3) is 10.5. The molecule has 0 fully saturated rings. The minimum Gasteiger partial charge on any atom is -0.344 e. The number of anilines is 1. The highest BCUT2D eigenvalue weighted by Gasteiger charge is 2.45. The number of nitrogens with zero attached hydrogens (tertiary/aromatic N) is 3. The first-order valence-corrected chi connectivity index (χ1v) is 21.7. The van der Waals surface area contributed by atoms with E-state index in [0.29, 0.717) is 31.6 Å². The number of ketones is 1. The Kier molecular flexibility index (Phi) is 15.9. The molecule has 0 spiro atoms. The molecule has 56 heavy (non-hydrogen) atoms. The summed E-state index contributed by atoms with van der Waals surface area (Å²) in [5.41, 5.74) is 5.01. The molecular formula is C41H56N3O9S3+. The van der Waals surface area contributed by atoms with Crippen LogP contribution in [-0.2, 0) is 44.4 Å². The summed E-state index contributed by atoms with van der Waals surface area (Å²) in [4.78, 5) is 15.7. The first kappa shape index (κ1) is 45.6. The highest BCUT2D eigenvalue weighted by atomic mass is 32.2. The summed E-state index contributed by atoms with van der Waals surface area (Å²) >= 11 is 1.95. The minimum absolute atomic E-state index is 0.108. The first-order valence-electron chi connectivity index (χ1n) is 18.6. The Balaban J connectivity index is 1.54. The molecule has 0 saturated heterocycles. The van der Waals surface area contributed by atoms with Crippen LogP contribution in [0, 0.1) is 5.41 Å². The van der Waals surface area contributed by atoms with Gasteiger partial charge in [0.15, 0.2) is 5.71 Å². The molecule has 0 amide bonds. The van der Waals surface area contributed by atoms with Gasteiger partial charge in [0.25, 0.3) is 0 Å². The molecule has 0 bridgehead atoms. The zero-order valence-electron chi connectivity index (χ0n) is 33.8. The number of Topliss-reactive ketones (excluding diaryl/α,β-unsaturated/α-hetero) is 1. The molecule has 0 radical (unpaired) electrons. The maximum atomic E-state index is 13.7. The second-order valence-electron chi connectivity index (χ2n) is 15.7. The first-order chi connectivity index (χ1) is 26.4. The molecule has 12 nitrogen and oxygen atoms in total. The van der Waals surface area contributed by atoms with Crippen molar-refractivity contribution >= 4 is 57.0 Å². The van der Waals surface area contributed by atoms with E-state index in [4.69, 9.17) is 10.5 Å². The van der Waals surface area contributed by atoms with E-state index in [1.54, 1.807) is 19.2 Å². The van der Waals surface area contributed by atoms with Crippen LogP contribution >= 0.6 is 24.1 Å². The van der Waals surface area contributed by atoms with E-state index in [9.17, 15) is 13.2 Å². The molecule has 4 rings (SSSR count). The van der Waals surface area contributed by atoms with Crippen molar-refractivity contribution in [3.8, 4) is 0 Å². The zero-order chi connectivity index (χ0) is 41.3. The Labute approximate surface area is 340 Å². The quantitative estimate of drug-likeness (QED) is 0.0329. The summed E-state index contributed by atoms with van der Waals surface area (Å²) in [5, 5.41) is 24.6. The average molecular weight is 831 g/mol. The molecule has 2 aliphatic rings. The lowest BCUT2D eigenvalue weighted by molar-refractivity contribution is -0.438. The van der Waals surface area contributed by atoms with Crippen LogP contribution in [0.2, 0.25) is 0 Å². The maximum absolute atomic E-state index is 13.7. The lowest BCUT2D eigenvalue weighted by atomic mass is 9.81. The van der Waals surface area contributed by atoms with Crippen LogP contribution in [0.5, 0.6) is 0 Å². The predicted octanol–water partition coefficient (Wildman–Crippen LogP) is 9.34. The Bertz CT molecular complexity index is 1980. The van der Waals surface area contributed by atoms with Gasteiger partial charge in [-0.3, -0.25) is 4.79 Å². The number of rotatable bonds is 20. The smallest absolute Gasteiger partial charge is 0.242 e. The topological polar surface area (TPSA) is 138 Å². The Morgan fingerprint density at radius 1 is 0.929 bits per heavy atom. The molecule has 2 aromatic rings. The zero-order valence-corrected chi connectivity index (χ0v) is 36.2. The fourth-order valence-electron chi connectivity index (χ4n) is 7.12. The van der Waals surface area contributed by atoms with Crippen LogP contribution < -0.4 is 4.90 Å². The fourth-order valence-corrected chi connectivity index (χ4v) is 9.11. The van der Waals surface area contributed by atoms with Crippen molar-refractivity contribution in [1.82, 2.24) is 4.31 Å². The summed E-state index contributed by atoms with van der Waals surface area (Å²) in [6, 6.07) is 11.3. The summed E-state index contributed by atoms with van der Waals surface area (Å²) in [7, 11) is -2.24. The Hall–Kier alpha value is -3.09. The maximum Gasteiger partial charge on any atom is 0.242 e. The molecule has 306 valence electrons. The van der Waals surface area contributed by atoms with Crippen molar-refractivity contribution < 1.29 is 47.0 Å². The highest BCUT2D eigenvalue weighted by molar-refractivity contribution is 7.94. The van der Waals surface area contributed by atoms with Crippen LogP contribution in [0.3, 0.4) is 0 Å². The van der Waals surface area contributed by atoms with E-state index in [2.05, 4.69) is 87.1 Å². The van der Waals surface area contributed by atoms with Crippen LogP contribution in [0.15, 0.2) is 94.4 Å². The number of fused-ring (bicyclic) bond motifs is 2. The van der Waals surface area contributed by atoms with E-state index in [1.807, 2.05) is 63.3 Å². The number of hydrogen-bond donors (Lipinski definition) is 2. The van der Waals surface area contributed by atoms with E-state index in [-0.39, 0.29) is 22.6 Å². The van der Waals surface area contributed by atoms with Crippen molar-refractivity contribution in [2.45, 2.75) is 95.3 Å². The highest BCUT2D eigenvalue weighted by Crippen LogP contribution is 2.49. The summed E-state index contributed by atoms with van der Waals surface area (Å²) in [6.07, 6.45) is 15.6. The molecule has 15 heteroatoms. The summed E-state index contributed by atoms with van der Waals surface area (Å²) in [6.45, 7) is 18.0. The van der Waals surface area contributed by atoms with Gasteiger partial charge in [-0.15, -0.1) is 8.67 Å². The standard InChI is InChI=1S/C41H55N3O9S3/c1-10-43-34-23-21-30(55-53-51-47)28-32(34)40(5,6)36(43)18-14-12-11-13-15-19-37-41(7,8)33-29-31(22-24-35(33)44(37)26-17-27-54-52-50-46)56(48,49)42(9)25-16-20-38(45)39(2,3)4/h11-15,18-19,21-24,28-29H,10,16-17,20,25-27H2,1-9H3,(H-,46,47)/p+1. The summed E-state index contributed by atoms with van der Waals surface area (Å²) in [5.74, 6) is 0.667. The lowest BCUT2D eigenvalue weighted by Gasteiger charge is -2.25. The van der Waals surface area contributed by atoms with E-state index >= 15 is 0 Å². The van der Waals surface area contributed by atoms with Crippen molar-refractivity contribution in [3.05, 3.63) is 95.8 Å². The average Bonchev–Trinajstić information content (AvgIpc) is 3.50. The van der Waals surface area contributed by atoms with Gasteiger partial charge in [-0.1, -0.05) is 75.1 Å². The van der Waals surface area contributed by atoms with E-state index < -0.39 is 20.9 Å². The lowest BCUT2D eigenvalue weighted by Crippen LogP contribution is -2.30. The van der Waals surface area contributed by atoms with Gasteiger partial charge < -0.3 is 4.90 Å². The second kappa shape index (κ2) is 19.6. The van der Waals surface area contributed by atoms with Crippen molar-refractivity contribution in [2.75, 3.05) is 37.3 Å². The third-order valence-corrected chi connectivity index (χ3v) is 13.3. The van der Waals surface area contributed by atoms with Crippen LogP contribution in [0.1, 0.15) is 85.8 Å². The Morgan fingerprint density at radius 2 is 1.62 bits per heavy atom. The van der Waals surface area contributed by atoms with Gasteiger partial charge in [0.2, 0.25) is 15.7 Å².